The quantitative estimate of drug-likeness (QED) is 0.847. The Kier molecular flexibility index (Phi) is 3.74. The van der Waals surface area contributed by atoms with E-state index in [2.05, 4.69) is 26.4 Å². The van der Waals surface area contributed by atoms with Crippen LogP contribution in [0.15, 0.2) is 39.3 Å². The molecule has 0 bridgehead atoms. The molecule has 114 valence electrons. The van der Waals surface area contributed by atoms with Crippen LogP contribution in [-0.2, 0) is 16.8 Å². The Morgan fingerprint density at radius 3 is 2.55 bits per heavy atom. The van der Waals surface area contributed by atoms with Gasteiger partial charge in [0.2, 0.25) is 5.91 Å². The minimum atomic E-state index is -0.658. The van der Waals surface area contributed by atoms with E-state index in [-0.39, 0.29) is 18.1 Å². The van der Waals surface area contributed by atoms with E-state index >= 15 is 0 Å². The zero-order valence-electron chi connectivity index (χ0n) is 11.6. The summed E-state index contributed by atoms with van der Waals surface area (Å²) in [5, 5.41) is 6.36. The molecule has 6 nitrogen and oxygen atoms in total. The van der Waals surface area contributed by atoms with Crippen molar-refractivity contribution in [1.82, 2.24) is 10.5 Å². The Morgan fingerprint density at radius 2 is 2.00 bits per heavy atom. The van der Waals surface area contributed by atoms with Crippen LogP contribution in [0.3, 0.4) is 0 Å². The van der Waals surface area contributed by atoms with E-state index in [1.54, 1.807) is 0 Å². The van der Waals surface area contributed by atoms with Gasteiger partial charge in [-0.3, -0.25) is 9.59 Å². The maximum absolute atomic E-state index is 12.5. The van der Waals surface area contributed by atoms with Crippen LogP contribution in [0.2, 0.25) is 0 Å². The summed E-state index contributed by atoms with van der Waals surface area (Å²) in [4.78, 5) is 23.4. The van der Waals surface area contributed by atoms with Crippen molar-refractivity contribution in [2.45, 2.75) is 24.8 Å². The summed E-state index contributed by atoms with van der Waals surface area (Å²) in [5.41, 5.74) is 5.70. The number of carbonyl (C=O) groups excluding carboxylic acids is 2. The van der Waals surface area contributed by atoms with Gasteiger partial charge in [-0.15, -0.1) is 0 Å². The molecule has 1 heterocycles. The zero-order chi connectivity index (χ0) is 15.7. The molecule has 3 rings (SSSR count). The van der Waals surface area contributed by atoms with Gasteiger partial charge in [-0.1, -0.05) is 33.2 Å². The fourth-order valence-corrected chi connectivity index (χ4v) is 2.65. The maximum atomic E-state index is 12.5. The second-order valence-corrected chi connectivity index (χ2v) is 6.23. The number of primary amides is 1. The molecule has 7 heteroatoms. The summed E-state index contributed by atoms with van der Waals surface area (Å²) in [6.07, 6.45) is 1.65. The average molecular weight is 364 g/mol. The third-order valence-corrected chi connectivity index (χ3v) is 4.34. The molecule has 3 N–H and O–H groups in total. The molecule has 1 aliphatic rings. The third kappa shape index (κ3) is 2.76. The molecule has 1 fully saturated rings. The lowest BCUT2D eigenvalue weighted by Crippen LogP contribution is -2.34. The molecule has 22 heavy (non-hydrogen) atoms. The van der Waals surface area contributed by atoms with E-state index in [9.17, 15) is 9.59 Å². The van der Waals surface area contributed by atoms with Gasteiger partial charge < -0.3 is 15.6 Å². The number of halogens is 1. The first kappa shape index (κ1) is 14.8. The molecule has 1 saturated carbocycles. The smallest absolute Gasteiger partial charge is 0.270 e. The zero-order valence-corrected chi connectivity index (χ0v) is 13.2. The summed E-state index contributed by atoms with van der Waals surface area (Å²) >= 11 is 3.39. The van der Waals surface area contributed by atoms with Gasteiger partial charge in [-0.05, 0) is 30.5 Å². The average Bonchev–Trinajstić information content (AvgIpc) is 3.17. The van der Waals surface area contributed by atoms with E-state index in [0.29, 0.717) is 5.76 Å². The van der Waals surface area contributed by atoms with Crippen molar-refractivity contribution in [2.75, 3.05) is 0 Å². The van der Waals surface area contributed by atoms with Gasteiger partial charge >= 0.3 is 0 Å². The molecule has 2 aromatic rings. The molecule has 0 saturated heterocycles. The van der Waals surface area contributed by atoms with Crippen LogP contribution in [-0.4, -0.2) is 17.0 Å². The molecule has 1 aliphatic carbocycles. The second-order valence-electron chi connectivity index (χ2n) is 5.31. The Bertz CT molecular complexity index is 720. The van der Waals surface area contributed by atoms with Gasteiger partial charge in [-0.25, -0.2) is 0 Å². The predicted octanol–water partition coefficient (Wildman–Crippen LogP) is 1.88. The van der Waals surface area contributed by atoms with Crippen molar-refractivity contribution in [3.8, 4) is 0 Å². The Balaban J connectivity index is 1.66. The molecular formula is C15H14BrN3O3. The third-order valence-electron chi connectivity index (χ3n) is 3.82. The van der Waals surface area contributed by atoms with Crippen LogP contribution in [0.4, 0.5) is 0 Å². The number of hydrogen-bond acceptors (Lipinski definition) is 4. The largest absolute Gasteiger partial charge is 0.364 e. The van der Waals surface area contributed by atoms with Crippen LogP contribution in [0.25, 0.3) is 0 Å². The fourth-order valence-electron chi connectivity index (χ4n) is 2.39. The van der Waals surface area contributed by atoms with Crippen molar-refractivity contribution in [1.29, 1.82) is 0 Å². The van der Waals surface area contributed by atoms with E-state index in [1.807, 2.05) is 24.3 Å². The van der Waals surface area contributed by atoms with E-state index in [1.165, 1.54) is 6.07 Å². The predicted molar refractivity (Wildman–Crippen MR) is 81.9 cm³/mol. The lowest BCUT2D eigenvalue weighted by Gasteiger charge is -2.15. The van der Waals surface area contributed by atoms with Crippen LogP contribution in [0, 0.1) is 0 Å². The summed E-state index contributed by atoms with van der Waals surface area (Å²) < 4.78 is 5.94. The lowest BCUT2D eigenvalue weighted by atomic mass is 9.95. The molecule has 1 aromatic carbocycles. The number of nitrogens with two attached hydrogens (primary N) is 1. The van der Waals surface area contributed by atoms with Gasteiger partial charge in [0.05, 0.1) is 12.0 Å². The Hall–Kier alpha value is -2.15. The molecule has 0 spiro atoms. The van der Waals surface area contributed by atoms with Crippen LogP contribution < -0.4 is 11.1 Å². The van der Waals surface area contributed by atoms with Crippen molar-refractivity contribution in [3.05, 3.63) is 51.8 Å². The first-order valence-corrected chi connectivity index (χ1v) is 7.60. The Morgan fingerprint density at radius 1 is 1.32 bits per heavy atom. The molecule has 0 aliphatic heterocycles. The molecule has 1 aromatic heterocycles. The standard InChI is InChI=1S/C15H14BrN3O3/c16-10-3-1-9(2-4-10)15(5-6-15)14(21)18-8-11-7-12(13(17)20)19-22-11/h1-4,7H,5-6,8H2,(H2,17,20)(H,18,21). The number of nitrogens with zero attached hydrogens (tertiary/aromatic N) is 1. The number of aromatic nitrogens is 1. The van der Waals surface area contributed by atoms with E-state index < -0.39 is 11.3 Å². The summed E-state index contributed by atoms with van der Waals surface area (Å²) in [6, 6.07) is 9.20. The number of rotatable bonds is 5. The topological polar surface area (TPSA) is 98.2 Å². The van der Waals surface area contributed by atoms with Crippen LogP contribution in [0.1, 0.15) is 34.7 Å². The highest BCUT2D eigenvalue weighted by Gasteiger charge is 2.51. The van der Waals surface area contributed by atoms with Gasteiger partial charge in [0, 0.05) is 10.5 Å². The number of carbonyl (C=O) groups is 2. The van der Waals surface area contributed by atoms with Crippen LogP contribution in [0.5, 0.6) is 0 Å². The van der Waals surface area contributed by atoms with Gasteiger partial charge in [0.15, 0.2) is 11.5 Å². The Labute approximate surface area is 135 Å². The molecular weight excluding hydrogens is 350 g/mol. The first-order valence-electron chi connectivity index (χ1n) is 6.81. The lowest BCUT2D eigenvalue weighted by molar-refractivity contribution is -0.123. The summed E-state index contributed by atoms with van der Waals surface area (Å²) in [7, 11) is 0. The maximum Gasteiger partial charge on any atom is 0.270 e. The number of amides is 2. The number of benzene rings is 1. The van der Waals surface area contributed by atoms with Gasteiger partial charge in [0.25, 0.3) is 5.91 Å². The SMILES string of the molecule is NC(=O)c1cc(CNC(=O)C2(c3ccc(Br)cc3)CC2)on1. The minimum absolute atomic E-state index is 0.0492. The van der Waals surface area contributed by atoms with Crippen molar-refractivity contribution in [3.63, 3.8) is 0 Å². The molecule has 0 unspecified atom stereocenters. The van der Waals surface area contributed by atoms with Gasteiger partial charge in [0.1, 0.15) is 0 Å². The summed E-state index contributed by atoms with van der Waals surface area (Å²) in [6.45, 7) is 0.178. The normalized spacial score (nSPS) is 15.3. The van der Waals surface area contributed by atoms with Crippen LogP contribution >= 0.6 is 15.9 Å². The highest BCUT2D eigenvalue weighted by Crippen LogP contribution is 2.48. The second kappa shape index (κ2) is 5.57. The number of hydrogen-bond donors (Lipinski definition) is 2. The van der Waals surface area contributed by atoms with Crippen molar-refractivity contribution < 1.29 is 14.1 Å². The minimum Gasteiger partial charge on any atom is -0.364 e. The fraction of sp³-hybridized carbons (Fsp3) is 0.267. The van der Waals surface area contributed by atoms with E-state index in [0.717, 1.165) is 22.9 Å². The first-order chi connectivity index (χ1) is 10.5. The van der Waals surface area contributed by atoms with Crippen molar-refractivity contribution in [2.24, 2.45) is 5.73 Å². The van der Waals surface area contributed by atoms with Gasteiger partial charge in [-0.2, -0.15) is 0 Å². The van der Waals surface area contributed by atoms with Crippen molar-refractivity contribution >= 4 is 27.7 Å². The number of nitrogens with one attached hydrogen (secondary N) is 1. The highest BCUT2D eigenvalue weighted by molar-refractivity contribution is 9.10. The van der Waals surface area contributed by atoms with E-state index in [4.69, 9.17) is 10.3 Å². The molecule has 0 atom stereocenters. The molecule has 2 amide bonds. The summed E-state index contributed by atoms with van der Waals surface area (Å²) in [5.74, 6) is -0.310. The molecule has 0 radical (unpaired) electrons. The highest BCUT2D eigenvalue weighted by atomic mass is 79.9. The monoisotopic (exact) mass is 363 g/mol.